The lowest BCUT2D eigenvalue weighted by atomic mass is 9.95. The molecule has 0 bridgehead atoms. The molecule has 1 N–H and O–H groups in total. The number of aryl methyl sites for hydroxylation is 1. The Labute approximate surface area is 170 Å². The van der Waals surface area contributed by atoms with Crippen molar-refractivity contribution in [1.82, 2.24) is 25.5 Å². The first-order valence-corrected chi connectivity index (χ1v) is 10.1. The molecule has 0 radical (unpaired) electrons. The Morgan fingerprint density at radius 3 is 2.57 bits per heavy atom. The molecule has 144 valence electrons. The molecule has 0 spiro atoms. The lowest BCUT2D eigenvalue weighted by Crippen LogP contribution is -2.31. The minimum Gasteiger partial charge on any atom is -0.303 e. The van der Waals surface area contributed by atoms with E-state index in [1.54, 1.807) is 0 Å². The highest BCUT2D eigenvalue weighted by Gasteiger charge is 2.14. The minimum absolute atomic E-state index is 0.770. The van der Waals surface area contributed by atoms with Crippen LogP contribution >= 0.6 is 11.6 Å². The van der Waals surface area contributed by atoms with Crippen LogP contribution in [0.4, 0.5) is 0 Å². The molecular formula is C22H24ClN5. The Kier molecular flexibility index (Phi) is 6.14. The summed E-state index contributed by atoms with van der Waals surface area (Å²) in [5.74, 6) is 0.802. The van der Waals surface area contributed by atoms with Gasteiger partial charge in [0.2, 0.25) is 0 Å². The van der Waals surface area contributed by atoms with Crippen molar-refractivity contribution in [3.05, 3.63) is 70.5 Å². The maximum absolute atomic E-state index is 6.05. The summed E-state index contributed by atoms with van der Waals surface area (Å²) in [7, 11) is 0. The topological polar surface area (TPSA) is 57.7 Å². The molecule has 0 amide bonds. The summed E-state index contributed by atoms with van der Waals surface area (Å²) >= 11 is 6.05. The van der Waals surface area contributed by atoms with Gasteiger partial charge in [-0.2, -0.15) is 5.21 Å². The van der Waals surface area contributed by atoms with Crippen LogP contribution in [-0.2, 0) is 6.42 Å². The summed E-state index contributed by atoms with van der Waals surface area (Å²) in [4.78, 5) is 2.53. The average Bonchev–Trinajstić information content (AvgIpc) is 3.24. The Morgan fingerprint density at radius 1 is 1.04 bits per heavy atom. The molecule has 2 heterocycles. The van der Waals surface area contributed by atoms with Crippen LogP contribution in [0.25, 0.3) is 17.2 Å². The highest BCUT2D eigenvalue weighted by Crippen LogP contribution is 2.28. The second-order valence-corrected chi connectivity index (χ2v) is 7.61. The van der Waals surface area contributed by atoms with Crippen LogP contribution in [0, 0.1) is 0 Å². The van der Waals surface area contributed by atoms with Gasteiger partial charge in [-0.1, -0.05) is 64.9 Å². The molecule has 1 fully saturated rings. The van der Waals surface area contributed by atoms with E-state index in [2.05, 4.69) is 68.0 Å². The molecule has 0 aliphatic carbocycles. The van der Waals surface area contributed by atoms with E-state index in [0.717, 1.165) is 56.2 Å². The predicted molar refractivity (Wildman–Crippen MR) is 113 cm³/mol. The standard InChI is InChI=1S/C22H24ClN5/c23-20-9-7-18(8-10-20)21-5-2-1-4-19(21)16-17-11-14-28(15-12-17)13-3-6-22-24-26-27-25-22/h1-2,4-5,7-10,16H,3,6,11-15H2,(H,24,25,26,27). The van der Waals surface area contributed by atoms with Gasteiger partial charge in [-0.25, -0.2) is 0 Å². The van der Waals surface area contributed by atoms with Gasteiger partial charge >= 0.3 is 0 Å². The van der Waals surface area contributed by atoms with Crippen LogP contribution in [0.15, 0.2) is 54.1 Å². The van der Waals surface area contributed by atoms with Crippen molar-refractivity contribution < 1.29 is 0 Å². The number of nitrogens with one attached hydrogen (secondary N) is 1. The number of tetrazole rings is 1. The molecule has 28 heavy (non-hydrogen) atoms. The van der Waals surface area contributed by atoms with Gasteiger partial charge in [0.1, 0.15) is 0 Å². The Balaban J connectivity index is 1.36. The molecule has 0 atom stereocenters. The minimum atomic E-state index is 0.770. The maximum atomic E-state index is 6.05. The van der Waals surface area contributed by atoms with Gasteiger partial charge in [0.15, 0.2) is 5.82 Å². The smallest absolute Gasteiger partial charge is 0.174 e. The van der Waals surface area contributed by atoms with Gasteiger partial charge in [0, 0.05) is 24.5 Å². The molecule has 1 aliphatic rings. The lowest BCUT2D eigenvalue weighted by Gasteiger charge is -2.28. The van der Waals surface area contributed by atoms with Crippen LogP contribution < -0.4 is 0 Å². The molecule has 3 aromatic rings. The molecule has 0 unspecified atom stereocenters. The number of benzene rings is 2. The van der Waals surface area contributed by atoms with Crippen LogP contribution in [0.5, 0.6) is 0 Å². The van der Waals surface area contributed by atoms with E-state index in [-0.39, 0.29) is 0 Å². The summed E-state index contributed by atoms with van der Waals surface area (Å²) in [6, 6.07) is 16.7. The average molecular weight is 394 g/mol. The van der Waals surface area contributed by atoms with Crippen molar-refractivity contribution in [2.45, 2.75) is 25.7 Å². The van der Waals surface area contributed by atoms with E-state index in [1.807, 2.05) is 12.1 Å². The second-order valence-electron chi connectivity index (χ2n) is 7.17. The Hall–Kier alpha value is -2.50. The van der Waals surface area contributed by atoms with E-state index in [9.17, 15) is 0 Å². The lowest BCUT2D eigenvalue weighted by molar-refractivity contribution is 0.254. The van der Waals surface area contributed by atoms with E-state index in [1.165, 1.54) is 22.3 Å². The van der Waals surface area contributed by atoms with Crippen molar-refractivity contribution >= 4 is 17.7 Å². The third-order valence-corrected chi connectivity index (χ3v) is 5.49. The van der Waals surface area contributed by atoms with E-state index < -0.39 is 0 Å². The summed E-state index contributed by atoms with van der Waals surface area (Å²) in [6.07, 6.45) is 6.57. The number of aromatic amines is 1. The van der Waals surface area contributed by atoms with Crippen molar-refractivity contribution in [1.29, 1.82) is 0 Å². The summed E-state index contributed by atoms with van der Waals surface area (Å²) in [5, 5.41) is 14.9. The number of aromatic nitrogens is 4. The number of halogens is 1. The molecule has 6 heteroatoms. The summed E-state index contributed by atoms with van der Waals surface area (Å²) < 4.78 is 0. The second kappa shape index (κ2) is 9.13. The molecule has 0 saturated carbocycles. The number of rotatable bonds is 6. The molecule has 1 aliphatic heterocycles. The van der Waals surface area contributed by atoms with Gasteiger partial charge in [0.05, 0.1) is 0 Å². The number of hydrogen-bond acceptors (Lipinski definition) is 4. The summed E-state index contributed by atoms with van der Waals surface area (Å²) in [6.45, 7) is 3.31. The summed E-state index contributed by atoms with van der Waals surface area (Å²) in [5.41, 5.74) is 5.27. The number of nitrogens with zero attached hydrogens (tertiary/aromatic N) is 4. The number of H-pyrrole nitrogens is 1. The SMILES string of the molecule is Clc1ccc(-c2ccccc2C=C2CCN(CCCc3nn[nH]n3)CC2)cc1. The molecule has 4 rings (SSSR count). The molecule has 1 saturated heterocycles. The fraction of sp³-hybridized carbons (Fsp3) is 0.318. The van der Waals surface area contributed by atoms with Gasteiger partial charge < -0.3 is 4.90 Å². The van der Waals surface area contributed by atoms with Gasteiger partial charge in [-0.15, -0.1) is 10.2 Å². The molecule has 5 nitrogen and oxygen atoms in total. The largest absolute Gasteiger partial charge is 0.303 e. The van der Waals surface area contributed by atoms with Gasteiger partial charge in [-0.05, 0) is 54.6 Å². The Morgan fingerprint density at radius 2 is 1.82 bits per heavy atom. The highest BCUT2D eigenvalue weighted by atomic mass is 35.5. The third-order valence-electron chi connectivity index (χ3n) is 5.24. The van der Waals surface area contributed by atoms with Crippen molar-refractivity contribution in [3.63, 3.8) is 0 Å². The first kappa shape index (κ1) is 18.8. The van der Waals surface area contributed by atoms with Crippen LogP contribution in [-0.4, -0.2) is 45.2 Å². The van der Waals surface area contributed by atoms with E-state index in [4.69, 9.17) is 11.6 Å². The quantitative estimate of drug-likeness (QED) is 0.663. The number of hydrogen-bond donors (Lipinski definition) is 1. The highest BCUT2D eigenvalue weighted by molar-refractivity contribution is 6.30. The predicted octanol–water partition coefficient (Wildman–Crippen LogP) is 4.63. The molecule has 1 aromatic heterocycles. The van der Waals surface area contributed by atoms with Gasteiger partial charge in [-0.3, -0.25) is 0 Å². The first-order valence-electron chi connectivity index (χ1n) is 9.77. The fourth-order valence-electron chi connectivity index (χ4n) is 3.69. The van der Waals surface area contributed by atoms with Crippen molar-refractivity contribution in [2.75, 3.05) is 19.6 Å². The van der Waals surface area contributed by atoms with Crippen LogP contribution in [0.1, 0.15) is 30.7 Å². The zero-order valence-corrected chi connectivity index (χ0v) is 16.6. The number of likely N-dealkylation sites (tertiary alicyclic amines) is 1. The molecular weight excluding hydrogens is 370 g/mol. The van der Waals surface area contributed by atoms with Crippen LogP contribution in [0.3, 0.4) is 0 Å². The zero-order chi connectivity index (χ0) is 19.2. The van der Waals surface area contributed by atoms with Gasteiger partial charge in [0.25, 0.3) is 0 Å². The normalized spacial score (nSPS) is 15.0. The monoisotopic (exact) mass is 393 g/mol. The van der Waals surface area contributed by atoms with E-state index >= 15 is 0 Å². The van der Waals surface area contributed by atoms with E-state index in [0.29, 0.717) is 0 Å². The first-order chi connectivity index (χ1) is 13.8. The van der Waals surface area contributed by atoms with Crippen molar-refractivity contribution in [3.8, 4) is 11.1 Å². The number of piperidine rings is 1. The Bertz CT molecular complexity index is 908. The molecule has 2 aromatic carbocycles. The van der Waals surface area contributed by atoms with Crippen molar-refractivity contribution in [2.24, 2.45) is 0 Å². The zero-order valence-electron chi connectivity index (χ0n) is 15.8. The third kappa shape index (κ3) is 4.86. The maximum Gasteiger partial charge on any atom is 0.174 e. The fourth-order valence-corrected chi connectivity index (χ4v) is 3.82. The van der Waals surface area contributed by atoms with Crippen LogP contribution in [0.2, 0.25) is 5.02 Å².